The molecule has 1 amide bonds. The van der Waals surface area contributed by atoms with E-state index in [9.17, 15) is 4.79 Å². The summed E-state index contributed by atoms with van der Waals surface area (Å²) in [6, 6.07) is 10.8. The molecule has 0 aliphatic carbocycles. The van der Waals surface area contributed by atoms with Crippen LogP contribution in [0.15, 0.2) is 47.1 Å². The summed E-state index contributed by atoms with van der Waals surface area (Å²) in [5.74, 6) is -0.0928. The summed E-state index contributed by atoms with van der Waals surface area (Å²) in [6.07, 6.45) is 1.71. The van der Waals surface area contributed by atoms with Crippen LogP contribution in [-0.2, 0) is 6.54 Å². The van der Waals surface area contributed by atoms with Crippen molar-refractivity contribution in [2.75, 3.05) is 12.8 Å². The van der Waals surface area contributed by atoms with Crippen LogP contribution in [0.4, 0.5) is 5.69 Å². The minimum atomic E-state index is -0.0928. The molecule has 0 bridgehead atoms. The van der Waals surface area contributed by atoms with E-state index in [-0.39, 0.29) is 5.91 Å². The van der Waals surface area contributed by atoms with Gasteiger partial charge in [-0.2, -0.15) is 0 Å². The van der Waals surface area contributed by atoms with Crippen molar-refractivity contribution in [3.8, 4) is 0 Å². The number of benzene rings is 1. The van der Waals surface area contributed by atoms with Gasteiger partial charge >= 0.3 is 0 Å². The second-order valence-corrected chi connectivity index (χ2v) is 5.08. The lowest BCUT2D eigenvalue weighted by Crippen LogP contribution is -2.27. The molecule has 1 aromatic heterocycles. The largest absolute Gasteiger partial charge is 0.399 e. The number of pyridine rings is 1. The van der Waals surface area contributed by atoms with Crippen molar-refractivity contribution in [2.24, 2.45) is 0 Å². The van der Waals surface area contributed by atoms with Crippen LogP contribution in [0.1, 0.15) is 16.1 Å². The first kappa shape index (κ1) is 13.5. The Hall–Kier alpha value is -1.88. The van der Waals surface area contributed by atoms with Gasteiger partial charge in [-0.15, -0.1) is 0 Å². The molecule has 0 radical (unpaired) electrons. The quantitative estimate of drug-likeness (QED) is 0.885. The molecule has 4 nitrogen and oxygen atoms in total. The molecule has 0 atom stereocenters. The predicted molar refractivity (Wildman–Crippen MR) is 78.6 cm³/mol. The van der Waals surface area contributed by atoms with E-state index in [1.54, 1.807) is 36.3 Å². The van der Waals surface area contributed by atoms with Crippen molar-refractivity contribution in [1.82, 2.24) is 9.88 Å². The van der Waals surface area contributed by atoms with Crippen LogP contribution in [0, 0.1) is 0 Å². The van der Waals surface area contributed by atoms with E-state index in [1.807, 2.05) is 18.2 Å². The highest BCUT2D eigenvalue weighted by Crippen LogP contribution is 2.21. The third kappa shape index (κ3) is 3.32. The third-order valence-corrected chi connectivity index (χ3v) is 3.38. The maximum atomic E-state index is 12.3. The van der Waals surface area contributed by atoms with Gasteiger partial charge < -0.3 is 10.6 Å². The fraction of sp³-hybridized carbons (Fsp3) is 0.143. The highest BCUT2D eigenvalue weighted by atomic mass is 79.9. The number of carbonyl (C=O) groups is 1. The van der Waals surface area contributed by atoms with E-state index in [0.29, 0.717) is 17.8 Å². The summed E-state index contributed by atoms with van der Waals surface area (Å²) in [5, 5.41) is 0. The van der Waals surface area contributed by atoms with Gasteiger partial charge in [0, 0.05) is 23.4 Å². The molecular formula is C14H14BrN3O. The summed E-state index contributed by atoms with van der Waals surface area (Å²) in [6.45, 7) is 0.459. The summed E-state index contributed by atoms with van der Waals surface area (Å²) >= 11 is 3.37. The number of rotatable bonds is 3. The summed E-state index contributed by atoms with van der Waals surface area (Å²) < 4.78 is 0.736. The molecule has 0 aliphatic rings. The smallest absolute Gasteiger partial charge is 0.255 e. The van der Waals surface area contributed by atoms with Gasteiger partial charge in [-0.1, -0.05) is 6.07 Å². The topological polar surface area (TPSA) is 59.2 Å². The van der Waals surface area contributed by atoms with E-state index in [4.69, 9.17) is 5.73 Å². The Morgan fingerprint density at radius 3 is 2.84 bits per heavy atom. The van der Waals surface area contributed by atoms with E-state index >= 15 is 0 Å². The van der Waals surface area contributed by atoms with Gasteiger partial charge in [0.2, 0.25) is 0 Å². The minimum absolute atomic E-state index is 0.0928. The maximum Gasteiger partial charge on any atom is 0.255 e. The Morgan fingerprint density at radius 2 is 2.16 bits per heavy atom. The minimum Gasteiger partial charge on any atom is -0.399 e. The molecule has 1 heterocycles. The Labute approximate surface area is 120 Å². The lowest BCUT2D eigenvalue weighted by atomic mass is 10.2. The number of aromatic nitrogens is 1. The van der Waals surface area contributed by atoms with E-state index in [2.05, 4.69) is 20.9 Å². The number of nitrogen functional groups attached to an aromatic ring is 1. The number of nitrogens with two attached hydrogens (primary N) is 1. The average molecular weight is 320 g/mol. The third-order valence-electron chi connectivity index (χ3n) is 2.69. The first-order valence-corrected chi connectivity index (χ1v) is 6.57. The first-order valence-electron chi connectivity index (χ1n) is 5.78. The Bertz CT molecular complexity index is 586. The van der Waals surface area contributed by atoms with Crippen molar-refractivity contribution in [1.29, 1.82) is 0 Å². The predicted octanol–water partition coefficient (Wildman–Crippen LogP) is 2.70. The Balaban J connectivity index is 2.17. The van der Waals surface area contributed by atoms with Crippen molar-refractivity contribution in [3.63, 3.8) is 0 Å². The molecule has 98 valence electrons. The van der Waals surface area contributed by atoms with Gasteiger partial charge in [0.1, 0.15) is 0 Å². The Morgan fingerprint density at radius 1 is 1.37 bits per heavy atom. The Kier molecular flexibility index (Phi) is 4.16. The van der Waals surface area contributed by atoms with Crippen LogP contribution in [0.2, 0.25) is 0 Å². The summed E-state index contributed by atoms with van der Waals surface area (Å²) in [7, 11) is 1.74. The molecule has 5 heteroatoms. The van der Waals surface area contributed by atoms with Crippen LogP contribution >= 0.6 is 15.9 Å². The fourth-order valence-corrected chi connectivity index (χ4v) is 2.14. The van der Waals surface area contributed by atoms with Gasteiger partial charge in [0.25, 0.3) is 5.91 Å². The van der Waals surface area contributed by atoms with Crippen LogP contribution < -0.4 is 5.73 Å². The number of hydrogen-bond acceptors (Lipinski definition) is 3. The second kappa shape index (κ2) is 5.84. The van der Waals surface area contributed by atoms with Crippen molar-refractivity contribution in [3.05, 3.63) is 58.3 Å². The molecule has 0 aliphatic heterocycles. The molecule has 2 rings (SSSR count). The van der Waals surface area contributed by atoms with E-state index in [1.165, 1.54) is 0 Å². The van der Waals surface area contributed by atoms with Crippen molar-refractivity contribution >= 4 is 27.5 Å². The maximum absolute atomic E-state index is 12.3. The van der Waals surface area contributed by atoms with Crippen molar-refractivity contribution in [2.45, 2.75) is 6.54 Å². The molecule has 1 aromatic carbocycles. The van der Waals surface area contributed by atoms with Gasteiger partial charge in [0.15, 0.2) is 0 Å². The molecule has 19 heavy (non-hydrogen) atoms. The zero-order chi connectivity index (χ0) is 13.8. The molecule has 2 N–H and O–H groups in total. The van der Waals surface area contributed by atoms with Crippen LogP contribution in [0.5, 0.6) is 0 Å². The SMILES string of the molecule is CN(Cc1ccccn1)C(=O)c1cc(N)ccc1Br. The molecular weight excluding hydrogens is 306 g/mol. The molecule has 0 spiro atoms. The first-order chi connectivity index (χ1) is 9.08. The number of carbonyl (C=O) groups excluding carboxylic acids is 1. The monoisotopic (exact) mass is 319 g/mol. The average Bonchev–Trinajstić information content (AvgIpc) is 2.42. The summed E-state index contributed by atoms with van der Waals surface area (Å²) in [5.41, 5.74) is 7.68. The zero-order valence-electron chi connectivity index (χ0n) is 10.5. The number of nitrogens with zero attached hydrogens (tertiary/aromatic N) is 2. The normalized spacial score (nSPS) is 10.2. The van der Waals surface area contributed by atoms with Crippen LogP contribution in [0.25, 0.3) is 0 Å². The number of anilines is 1. The van der Waals surface area contributed by atoms with Crippen LogP contribution in [-0.4, -0.2) is 22.8 Å². The van der Waals surface area contributed by atoms with Crippen molar-refractivity contribution < 1.29 is 4.79 Å². The highest BCUT2D eigenvalue weighted by Gasteiger charge is 2.15. The summed E-state index contributed by atoms with van der Waals surface area (Å²) in [4.78, 5) is 18.2. The van der Waals surface area contributed by atoms with Crippen LogP contribution in [0.3, 0.4) is 0 Å². The zero-order valence-corrected chi connectivity index (χ0v) is 12.1. The van der Waals surface area contributed by atoms with Gasteiger partial charge in [-0.3, -0.25) is 9.78 Å². The van der Waals surface area contributed by atoms with E-state index in [0.717, 1.165) is 10.2 Å². The van der Waals surface area contributed by atoms with E-state index < -0.39 is 0 Å². The second-order valence-electron chi connectivity index (χ2n) is 4.22. The molecule has 0 saturated heterocycles. The molecule has 0 fully saturated rings. The van der Waals surface area contributed by atoms with Gasteiger partial charge in [-0.05, 0) is 46.3 Å². The number of amides is 1. The lowest BCUT2D eigenvalue weighted by molar-refractivity contribution is 0.0782. The van der Waals surface area contributed by atoms with Gasteiger partial charge in [0.05, 0.1) is 17.8 Å². The highest BCUT2D eigenvalue weighted by molar-refractivity contribution is 9.10. The standard InChI is InChI=1S/C14H14BrN3O/c1-18(9-11-4-2-3-7-17-11)14(19)12-8-10(16)5-6-13(12)15/h2-8H,9,16H2,1H3. The number of halogens is 1. The fourth-order valence-electron chi connectivity index (χ4n) is 1.72. The lowest BCUT2D eigenvalue weighted by Gasteiger charge is -2.17. The molecule has 0 saturated carbocycles. The molecule has 0 unspecified atom stereocenters. The molecule has 2 aromatic rings. The van der Waals surface area contributed by atoms with Gasteiger partial charge in [-0.25, -0.2) is 0 Å². The number of hydrogen-bond donors (Lipinski definition) is 1.